The van der Waals surface area contributed by atoms with E-state index in [0.717, 1.165) is 17.0 Å². The van der Waals surface area contributed by atoms with Crippen molar-refractivity contribution in [2.24, 2.45) is 0 Å². The Kier molecular flexibility index (Phi) is 7.38. The molecule has 0 spiro atoms. The average molecular weight is 210 g/mol. The SMILES string of the molecule is C.C.CC.Cc1cnc(C)n2ncnc12. The first-order valence-electron chi connectivity index (χ1n) is 4.41. The summed E-state index contributed by atoms with van der Waals surface area (Å²) < 4.78 is 1.73. The minimum atomic E-state index is 0. The smallest absolute Gasteiger partial charge is 0.161 e. The van der Waals surface area contributed by atoms with Gasteiger partial charge in [-0.1, -0.05) is 28.7 Å². The standard InChI is InChI=1S/C7H8N4.C2H6.2CH4/c1-5-3-8-6(2)11-7(5)9-4-10-11;1-2;;/h3-4H,1-2H3;1-2H3;2*1H4. The molecule has 0 unspecified atom stereocenters. The Morgan fingerprint density at radius 1 is 1.07 bits per heavy atom. The van der Waals surface area contributed by atoms with Gasteiger partial charge in [0.2, 0.25) is 0 Å². The minimum Gasteiger partial charge on any atom is -0.241 e. The van der Waals surface area contributed by atoms with Gasteiger partial charge in [-0.15, -0.1) is 0 Å². The summed E-state index contributed by atoms with van der Waals surface area (Å²) in [6, 6.07) is 0. The molecule has 2 heterocycles. The third-order valence-corrected chi connectivity index (χ3v) is 1.65. The van der Waals surface area contributed by atoms with E-state index in [0.29, 0.717) is 0 Å². The van der Waals surface area contributed by atoms with Gasteiger partial charge in [-0.3, -0.25) is 0 Å². The van der Waals surface area contributed by atoms with Crippen LogP contribution in [0.5, 0.6) is 0 Å². The first-order chi connectivity index (χ1) is 6.29. The Hall–Kier alpha value is -1.45. The van der Waals surface area contributed by atoms with Crippen molar-refractivity contribution in [1.29, 1.82) is 0 Å². The number of aromatic nitrogens is 4. The van der Waals surface area contributed by atoms with Gasteiger partial charge in [0, 0.05) is 11.8 Å². The van der Waals surface area contributed by atoms with E-state index >= 15 is 0 Å². The maximum Gasteiger partial charge on any atom is 0.161 e. The summed E-state index contributed by atoms with van der Waals surface area (Å²) in [5.41, 5.74) is 1.94. The van der Waals surface area contributed by atoms with Gasteiger partial charge in [-0.25, -0.2) is 9.97 Å². The molecule has 4 nitrogen and oxygen atoms in total. The van der Waals surface area contributed by atoms with Gasteiger partial charge in [0.15, 0.2) is 5.65 Å². The van der Waals surface area contributed by atoms with E-state index in [2.05, 4.69) is 15.1 Å². The van der Waals surface area contributed by atoms with Crippen LogP contribution in [0.4, 0.5) is 0 Å². The summed E-state index contributed by atoms with van der Waals surface area (Å²) in [4.78, 5) is 8.23. The molecule has 2 aromatic rings. The predicted molar refractivity (Wildman–Crippen MR) is 65.1 cm³/mol. The summed E-state index contributed by atoms with van der Waals surface area (Å²) in [5, 5.41) is 4.02. The molecule has 4 heteroatoms. The van der Waals surface area contributed by atoms with Gasteiger partial charge < -0.3 is 0 Å². The highest BCUT2D eigenvalue weighted by molar-refractivity contribution is 5.43. The fraction of sp³-hybridized carbons (Fsp3) is 0.545. The molecule has 0 aliphatic carbocycles. The van der Waals surface area contributed by atoms with Gasteiger partial charge in [0.05, 0.1) is 0 Å². The van der Waals surface area contributed by atoms with Crippen molar-refractivity contribution in [3.63, 3.8) is 0 Å². The monoisotopic (exact) mass is 210 g/mol. The van der Waals surface area contributed by atoms with Crippen molar-refractivity contribution >= 4 is 5.65 Å². The van der Waals surface area contributed by atoms with E-state index in [4.69, 9.17) is 0 Å². The number of hydrogen-bond donors (Lipinski definition) is 0. The molecule has 0 aliphatic rings. The fourth-order valence-electron chi connectivity index (χ4n) is 1.05. The molecule has 0 saturated carbocycles. The van der Waals surface area contributed by atoms with Gasteiger partial charge in [-0.05, 0) is 13.8 Å². The first kappa shape index (κ1) is 16.0. The van der Waals surface area contributed by atoms with Crippen molar-refractivity contribution in [3.05, 3.63) is 23.9 Å². The lowest BCUT2D eigenvalue weighted by Crippen LogP contribution is -1.97. The Bertz CT molecular complexity index is 356. The van der Waals surface area contributed by atoms with Crippen LogP contribution in [0, 0.1) is 13.8 Å². The van der Waals surface area contributed by atoms with Crippen molar-refractivity contribution in [2.75, 3.05) is 0 Å². The Morgan fingerprint density at radius 3 is 2.20 bits per heavy atom. The zero-order chi connectivity index (χ0) is 9.84. The van der Waals surface area contributed by atoms with E-state index in [1.165, 1.54) is 6.33 Å². The molecule has 0 N–H and O–H groups in total. The largest absolute Gasteiger partial charge is 0.241 e. The average Bonchev–Trinajstić information content (AvgIpc) is 2.64. The highest BCUT2D eigenvalue weighted by Crippen LogP contribution is 2.04. The molecule has 0 aliphatic heterocycles. The topological polar surface area (TPSA) is 43.1 Å². The van der Waals surface area contributed by atoms with E-state index in [1.54, 1.807) is 10.7 Å². The molecular formula is C11H22N4. The molecule has 0 fully saturated rings. The molecular weight excluding hydrogens is 188 g/mol. The number of rotatable bonds is 0. The molecule has 15 heavy (non-hydrogen) atoms. The maximum atomic E-state index is 4.14. The second kappa shape index (κ2) is 6.92. The van der Waals surface area contributed by atoms with E-state index in [1.807, 2.05) is 27.7 Å². The molecule has 0 atom stereocenters. The normalized spacial score (nSPS) is 8.27. The molecule has 0 aromatic carbocycles. The van der Waals surface area contributed by atoms with E-state index in [-0.39, 0.29) is 14.9 Å². The summed E-state index contributed by atoms with van der Waals surface area (Å²) in [6.45, 7) is 7.87. The molecule has 2 rings (SSSR count). The summed E-state index contributed by atoms with van der Waals surface area (Å²) in [7, 11) is 0. The highest BCUT2D eigenvalue weighted by atomic mass is 15.3. The number of aryl methyl sites for hydroxylation is 2. The van der Waals surface area contributed by atoms with E-state index in [9.17, 15) is 0 Å². The predicted octanol–water partition coefficient (Wildman–Crippen LogP) is 3.04. The highest BCUT2D eigenvalue weighted by Gasteiger charge is 2.00. The van der Waals surface area contributed by atoms with Crippen LogP contribution in [0.2, 0.25) is 0 Å². The fourth-order valence-corrected chi connectivity index (χ4v) is 1.05. The lowest BCUT2D eigenvalue weighted by molar-refractivity contribution is 0.857. The molecule has 0 radical (unpaired) electrons. The third-order valence-electron chi connectivity index (χ3n) is 1.65. The van der Waals surface area contributed by atoms with Crippen LogP contribution in [0.1, 0.15) is 40.1 Å². The number of nitrogens with zero attached hydrogens (tertiary/aromatic N) is 4. The van der Waals surface area contributed by atoms with Crippen molar-refractivity contribution in [1.82, 2.24) is 19.6 Å². The van der Waals surface area contributed by atoms with Crippen molar-refractivity contribution in [2.45, 2.75) is 42.5 Å². The second-order valence-electron chi connectivity index (χ2n) is 2.48. The van der Waals surface area contributed by atoms with Crippen LogP contribution in [0.3, 0.4) is 0 Å². The van der Waals surface area contributed by atoms with Gasteiger partial charge in [0.25, 0.3) is 0 Å². The quantitative estimate of drug-likeness (QED) is 0.671. The summed E-state index contributed by atoms with van der Waals surface area (Å²) >= 11 is 0. The molecule has 0 amide bonds. The minimum absolute atomic E-state index is 0. The van der Waals surface area contributed by atoms with Crippen LogP contribution in [0.25, 0.3) is 5.65 Å². The van der Waals surface area contributed by atoms with Gasteiger partial charge in [-0.2, -0.15) is 9.61 Å². The molecule has 86 valence electrons. The molecule has 0 bridgehead atoms. The number of fused-ring (bicyclic) bond motifs is 1. The van der Waals surface area contributed by atoms with Crippen LogP contribution in [0.15, 0.2) is 12.5 Å². The Labute approximate surface area is 92.4 Å². The third kappa shape index (κ3) is 3.01. The number of hydrogen-bond acceptors (Lipinski definition) is 3. The lowest BCUT2D eigenvalue weighted by Gasteiger charge is -1.97. The first-order valence-corrected chi connectivity index (χ1v) is 4.41. The summed E-state index contributed by atoms with van der Waals surface area (Å²) in [6.07, 6.45) is 3.34. The molecule has 2 aromatic heterocycles. The van der Waals surface area contributed by atoms with Crippen LogP contribution >= 0.6 is 0 Å². The van der Waals surface area contributed by atoms with E-state index < -0.39 is 0 Å². The maximum absolute atomic E-state index is 4.14. The molecule has 0 saturated heterocycles. The van der Waals surface area contributed by atoms with Gasteiger partial charge in [0.1, 0.15) is 12.2 Å². The zero-order valence-electron chi connectivity index (χ0n) is 8.44. The van der Waals surface area contributed by atoms with Gasteiger partial charge >= 0.3 is 0 Å². The second-order valence-corrected chi connectivity index (χ2v) is 2.48. The zero-order valence-corrected chi connectivity index (χ0v) is 8.44. The van der Waals surface area contributed by atoms with Crippen LogP contribution < -0.4 is 0 Å². The van der Waals surface area contributed by atoms with Crippen LogP contribution in [-0.2, 0) is 0 Å². The van der Waals surface area contributed by atoms with Crippen molar-refractivity contribution in [3.8, 4) is 0 Å². The summed E-state index contributed by atoms with van der Waals surface area (Å²) in [5.74, 6) is 0.864. The van der Waals surface area contributed by atoms with Crippen molar-refractivity contribution < 1.29 is 0 Å². The Morgan fingerprint density at radius 2 is 1.67 bits per heavy atom. The van der Waals surface area contributed by atoms with Crippen LogP contribution in [-0.4, -0.2) is 19.6 Å². The Balaban J connectivity index is 0. The lowest BCUT2D eigenvalue weighted by atomic mass is 10.4.